The standard InChI is InChI=1S/C9H12ClN3O4S.C6H4Br.Na/c1-13(2)18(16,17)8-5(10)3-4-6(7(8)14)12-9(11)15;7-6-4-2-1-3-5-6;/h3-4,14H,1-2H3,(H3,11,12,15);1-4H;/q;-1;+1. The summed E-state index contributed by atoms with van der Waals surface area (Å²) in [5.41, 5.74) is 4.76. The first-order valence-electron chi connectivity index (χ1n) is 6.70. The molecule has 2 aromatic carbocycles. The zero-order valence-corrected chi connectivity index (χ0v) is 19.5. The van der Waals surface area contributed by atoms with Gasteiger partial charge in [0, 0.05) is 14.1 Å². The summed E-state index contributed by atoms with van der Waals surface area (Å²) in [6.45, 7) is 0. The maximum absolute atomic E-state index is 11.9. The van der Waals surface area contributed by atoms with Gasteiger partial charge in [0.25, 0.3) is 0 Å². The van der Waals surface area contributed by atoms with Gasteiger partial charge in [-0.2, -0.15) is 30.3 Å². The van der Waals surface area contributed by atoms with Crippen LogP contribution in [-0.4, -0.2) is 38.0 Å². The van der Waals surface area contributed by atoms with E-state index in [1.54, 1.807) is 0 Å². The van der Waals surface area contributed by atoms with Crippen LogP contribution in [0.5, 0.6) is 5.75 Å². The molecule has 0 fully saturated rings. The van der Waals surface area contributed by atoms with E-state index in [0.29, 0.717) is 0 Å². The molecular formula is C15H16BrClN3NaO4S. The van der Waals surface area contributed by atoms with Gasteiger partial charge in [0.2, 0.25) is 10.0 Å². The molecule has 136 valence electrons. The van der Waals surface area contributed by atoms with Gasteiger partial charge in [0.05, 0.1) is 10.7 Å². The number of hydrogen-bond acceptors (Lipinski definition) is 4. The number of primary amides is 1. The van der Waals surface area contributed by atoms with Crippen LogP contribution in [-0.2, 0) is 10.0 Å². The average molecular weight is 473 g/mol. The first-order valence-corrected chi connectivity index (χ1v) is 9.31. The molecule has 0 saturated carbocycles. The molecule has 0 aliphatic carbocycles. The zero-order valence-electron chi connectivity index (χ0n) is 14.3. The number of urea groups is 1. The van der Waals surface area contributed by atoms with Gasteiger partial charge < -0.3 is 16.2 Å². The normalized spacial score (nSPS) is 10.3. The summed E-state index contributed by atoms with van der Waals surface area (Å²) in [5, 5.41) is 11.8. The third-order valence-corrected chi connectivity index (χ3v) is 5.56. The van der Waals surface area contributed by atoms with Gasteiger partial charge in [-0.15, -0.1) is 0 Å². The Balaban J connectivity index is 0.000000655. The van der Waals surface area contributed by atoms with Crippen molar-refractivity contribution in [1.29, 1.82) is 0 Å². The zero-order chi connectivity index (χ0) is 19.2. The number of halogens is 2. The number of aromatic hydroxyl groups is 1. The van der Waals surface area contributed by atoms with E-state index < -0.39 is 26.7 Å². The number of hydrogen-bond donors (Lipinski definition) is 3. The number of nitrogens with one attached hydrogen (secondary N) is 1. The second-order valence-electron chi connectivity index (χ2n) is 4.76. The van der Waals surface area contributed by atoms with Crippen molar-refractivity contribution in [3.8, 4) is 5.75 Å². The number of nitrogens with two attached hydrogens (primary N) is 1. The molecule has 7 nitrogen and oxygen atoms in total. The SMILES string of the molecule is Brc1[c-]cccc1.CN(C)S(=O)(=O)c1c(Cl)ccc(NC(N)=O)c1O.[Na+]. The number of sulfonamides is 1. The van der Waals surface area contributed by atoms with E-state index in [-0.39, 0.29) is 40.3 Å². The second-order valence-corrected chi connectivity index (χ2v) is 8.11. The monoisotopic (exact) mass is 471 g/mol. The minimum atomic E-state index is -3.94. The van der Waals surface area contributed by atoms with Crippen LogP contribution in [0.25, 0.3) is 0 Å². The van der Waals surface area contributed by atoms with Crippen LogP contribution < -0.4 is 40.6 Å². The van der Waals surface area contributed by atoms with Crippen molar-refractivity contribution in [2.75, 3.05) is 19.4 Å². The molecule has 2 amide bonds. The van der Waals surface area contributed by atoms with Crippen LogP contribution in [0, 0.1) is 6.07 Å². The molecule has 0 atom stereocenters. The molecule has 0 aliphatic rings. The summed E-state index contributed by atoms with van der Waals surface area (Å²) in [7, 11) is -1.36. The Morgan fingerprint density at radius 1 is 1.31 bits per heavy atom. The summed E-state index contributed by atoms with van der Waals surface area (Å²) in [6.07, 6.45) is 0. The predicted octanol–water partition coefficient (Wildman–Crippen LogP) is 0.0398. The number of phenols is 1. The quantitative estimate of drug-likeness (QED) is 0.333. The molecule has 2 aromatic rings. The fourth-order valence-corrected chi connectivity index (χ4v) is 3.34. The van der Waals surface area contributed by atoms with Crippen molar-refractivity contribution < 1.29 is 47.9 Å². The molecular weight excluding hydrogens is 457 g/mol. The number of nitrogens with zero attached hydrogens (tertiary/aromatic N) is 1. The van der Waals surface area contributed by atoms with Crippen LogP contribution in [0.4, 0.5) is 10.5 Å². The van der Waals surface area contributed by atoms with Crippen LogP contribution in [0.2, 0.25) is 5.02 Å². The number of anilines is 1. The van der Waals surface area contributed by atoms with E-state index >= 15 is 0 Å². The van der Waals surface area contributed by atoms with E-state index in [1.807, 2.05) is 24.3 Å². The molecule has 11 heteroatoms. The molecule has 0 unspecified atom stereocenters. The van der Waals surface area contributed by atoms with Crippen molar-refractivity contribution in [3.05, 3.63) is 52.0 Å². The molecule has 2 rings (SSSR count). The molecule has 0 spiro atoms. The average Bonchev–Trinajstić information content (AvgIpc) is 2.51. The Morgan fingerprint density at radius 2 is 1.92 bits per heavy atom. The smallest absolute Gasteiger partial charge is 0.504 e. The first-order chi connectivity index (χ1) is 11.6. The molecule has 0 aromatic heterocycles. The van der Waals surface area contributed by atoms with Gasteiger partial charge in [-0.3, -0.25) is 0 Å². The topological polar surface area (TPSA) is 113 Å². The van der Waals surface area contributed by atoms with Crippen LogP contribution in [0.1, 0.15) is 0 Å². The van der Waals surface area contributed by atoms with Crippen molar-refractivity contribution in [1.82, 2.24) is 4.31 Å². The fraction of sp³-hybridized carbons (Fsp3) is 0.133. The third kappa shape index (κ3) is 7.07. The summed E-state index contributed by atoms with van der Waals surface area (Å²) in [6, 6.07) is 12.2. The van der Waals surface area contributed by atoms with Gasteiger partial charge in [-0.25, -0.2) is 17.5 Å². The summed E-state index contributed by atoms with van der Waals surface area (Å²) < 4.78 is 25.8. The van der Waals surface area contributed by atoms with Gasteiger partial charge in [-0.05, 0) is 12.1 Å². The third-order valence-electron chi connectivity index (χ3n) is 2.75. The Hall–Kier alpha value is -0.810. The molecule has 0 saturated heterocycles. The van der Waals surface area contributed by atoms with Crippen molar-refractivity contribution in [2.24, 2.45) is 5.73 Å². The molecule has 26 heavy (non-hydrogen) atoms. The first kappa shape index (κ1) is 25.2. The number of carbonyl (C=O) groups is 1. The fourth-order valence-electron chi connectivity index (χ4n) is 1.58. The summed E-state index contributed by atoms with van der Waals surface area (Å²) >= 11 is 9.01. The maximum Gasteiger partial charge on any atom is 1.00 e. The van der Waals surface area contributed by atoms with Gasteiger partial charge in [0.15, 0.2) is 5.75 Å². The van der Waals surface area contributed by atoms with Crippen molar-refractivity contribution in [2.45, 2.75) is 4.90 Å². The van der Waals surface area contributed by atoms with Crippen LogP contribution in [0.15, 0.2) is 45.8 Å². The molecule has 0 heterocycles. The van der Waals surface area contributed by atoms with Crippen molar-refractivity contribution in [3.63, 3.8) is 0 Å². The van der Waals surface area contributed by atoms with Gasteiger partial charge in [-0.1, -0.05) is 32.0 Å². The van der Waals surface area contributed by atoms with Crippen LogP contribution >= 0.6 is 27.5 Å². The number of amides is 2. The Morgan fingerprint density at radius 3 is 2.31 bits per heavy atom. The van der Waals surface area contributed by atoms with E-state index in [2.05, 4.69) is 27.3 Å². The molecule has 0 aliphatic heterocycles. The molecule has 4 N–H and O–H groups in total. The van der Waals surface area contributed by atoms with Gasteiger partial charge in [0.1, 0.15) is 4.90 Å². The number of phenolic OH excluding ortho intramolecular Hbond substituents is 1. The van der Waals surface area contributed by atoms with Crippen molar-refractivity contribution >= 4 is 49.3 Å². The minimum absolute atomic E-state index is 0. The number of rotatable bonds is 3. The Bertz CT molecular complexity index is 851. The van der Waals surface area contributed by atoms with E-state index in [0.717, 1.165) is 8.78 Å². The molecule has 0 radical (unpaired) electrons. The largest absolute Gasteiger partial charge is 1.00 e. The summed E-state index contributed by atoms with van der Waals surface area (Å²) in [5.74, 6) is -0.657. The van der Waals surface area contributed by atoms with E-state index in [4.69, 9.17) is 17.3 Å². The Labute approximate surface area is 188 Å². The maximum atomic E-state index is 11.9. The number of benzene rings is 2. The van der Waals surface area contributed by atoms with Crippen LogP contribution in [0.3, 0.4) is 0 Å². The van der Waals surface area contributed by atoms with Gasteiger partial charge >= 0.3 is 35.6 Å². The Kier molecular flexibility index (Phi) is 10.8. The second kappa shape index (κ2) is 11.1. The minimum Gasteiger partial charge on any atom is -0.504 e. The predicted molar refractivity (Wildman–Crippen MR) is 100 cm³/mol. The molecule has 0 bridgehead atoms. The van der Waals surface area contributed by atoms with E-state index in [9.17, 15) is 18.3 Å². The van der Waals surface area contributed by atoms with E-state index in [1.165, 1.54) is 26.2 Å². The summed E-state index contributed by atoms with van der Waals surface area (Å²) in [4.78, 5) is 10.2. The number of carbonyl (C=O) groups excluding carboxylic acids is 1.